The first-order valence-electron chi connectivity index (χ1n) is 8.12. The third-order valence-corrected chi connectivity index (χ3v) is 5.82. The van der Waals surface area contributed by atoms with Gasteiger partial charge in [-0.05, 0) is 17.7 Å². The van der Waals surface area contributed by atoms with Gasteiger partial charge in [0.15, 0.2) is 20.5 Å². The first-order chi connectivity index (χ1) is 13.4. The van der Waals surface area contributed by atoms with Crippen LogP contribution < -0.4 is 18.9 Å². The van der Waals surface area contributed by atoms with Crippen LogP contribution in [0.25, 0.3) is 6.08 Å². The SMILES string of the molecule is C=Cc1c(OC)cc(OC)c(S(=O)(=O)Cc2ccc(OC)c(C#N)c2)c1OC. The zero-order valence-corrected chi connectivity index (χ0v) is 16.9. The number of sulfone groups is 1. The summed E-state index contributed by atoms with van der Waals surface area (Å²) in [7, 11) is 1.72. The molecule has 0 aromatic heterocycles. The fourth-order valence-electron chi connectivity index (χ4n) is 2.84. The summed E-state index contributed by atoms with van der Waals surface area (Å²) in [6.07, 6.45) is 1.46. The number of nitriles is 1. The Morgan fingerprint density at radius 1 is 1.00 bits per heavy atom. The van der Waals surface area contributed by atoms with Crippen molar-refractivity contribution >= 4 is 15.9 Å². The minimum atomic E-state index is -3.90. The van der Waals surface area contributed by atoms with Gasteiger partial charge in [-0.25, -0.2) is 8.42 Å². The van der Waals surface area contributed by atoms with Crippen LogP contribution in [0.1, 0.15) is 16.7 Å². The van der Waals surface area contributed by atoms with Gasteiger partial charge in [0.2, 0.25) is 0 Å². The lowest BCUT2D eigenvalue weighted by molar-refractivity contribution is 0.358. The second-order valence-corrected chi connectivity index (χ2v) is 7.59. The topological polar surface area (TPSA) is 94.9 Å². The van der Waals surface area contributed by atoms with Gasteiger partial charge in [-0.15, -0.1) is 0 Å². The maximum absolute atomic E-state index is 13.2. The zero-order valence-electron chi connectivity index (χ0n) is 16.1. The maximum Gasteiger partial charge on any atom is 0.189 e. The predicted octanol–water partition coefficient (Wildman–Crippen LogP) is 3.21. The molecule has 0 aliphatic carbocycles. The lowest BCUT2D eigenvalue weighted by atomic mass is 10.1. The fourth-order valence-corrected chi connectivity index (χ4v) is 4.53. The van der Waals surface area contributed by atoms with Crippen molar-refractivity contribution in [3.63, 3.8) is 0 Å². The third-order valence-electron chi connectivity index (χ3n) is 4.10. The number of nitrogens with zero attached hydrogens (tertiary/aromatic N) is 1. The summed E-state index contributed by atoms with van der Waals surface area (Å²) < 4.78 is 47.5. The quantitative estimate of drug-likeness (QED) is 0.668. The van der Waals surface area contributed by atoms with E-state index in [1.54, 1.807) is 12.1 Å². The maximum atomic E-state index is 13.2. The second kappa shape index (κ2) is 8.67. The molecule has 7 nitrogen and oxygen atoms in total. The molecule has 0 aliphatic heterocycles. The molecule has 8 heteroatoms. The van der Waals surface area contributed by atoms with E-state index >= 15 is 0 Å². The Balaban J connectivity index is 2.66. The molecular formula is C20H21NO6S. The molecule has 2 rings (SSSR count). The Labute approximate surface area is 164 Å². The molecule has 0 saturated carbocycles. The molecule has 0 unspecified atom stereocenters. The van der Waals surface area contributed by atoms with Gasteiger partial charge in [-0.1, -0.05) is 18.7 Å². The van der Waals surface area contributed by atoms with E-state index in [1.807, 2.05) is 6.07 Å². The van der Waals surface area contributed by atoms with E-state index in [1.165, 1.54) is 46.6 Å². The monoisotopic (exact) mass is 403 g/mol. The van der Waals surface area contributed by atoms with Gasteiger partial charge in [0, 0.05) is 6.07 Å². The van der Waals surface area contributed by atoms with Crippen molar-refractivity contribution in [2.24, 2.45) is 0 Å². The molecule has 2 aromatic rings. The smallest absolute Gasteiger partial charge is 0.189 e. The average Bonchev–Trinajstić information content (AvgIpc) is 2.71. The van der Waals surface area contributed by atoms with Crippen molar-refractivity contribution in [3.8, 4) is 29.1 Å². The van der Waals surface area contributed by atoms with E-state index in [4.69, 9.17) is 18.9 Å². The summed E-state index contributed by atoms with van der Waals surface area (Å²) in [5.74, 6) is 0.561. The Kier molecular flexibility index (Phi) is 6.54. The minimum Gasteiger partial charge on any atom is -0.496 e. The molecular weight excluding hydrogens is 382 g/mol. The van der Waals surface area contributed by atoms with Crippen molar-refractivity contribution in [3.05, 3.63) is 47.5 Å². The first-order valence-corrected chi connectivity index (χ1v) is 9.77. The summed E-state index contributed by atoms with van der Waals surface area (Å²) in [4.78, 5) is -0.109. The Morgan fingerprint density at radius 2 is 1.64 bits per heavy atom. The molecule has 0 saturated heterocycles. The van der Waals surface area contributed by atoms with Gasteiger partial charge in [0.25, 0.3) is 0 Å². The molecule has 0 aliphatic rings. The van der Waals surface area contributed by atoms with E-state index < -0.39 is 9.84 Å². The summed E-state index contributed by atoms with van der Waals surface area (Å²) >= 11 is 0. The van der Waals surface area contributed by atoms with Gasteiger partial charge in [0.05, 0.1) is 45.3 Å². The van der Waals surface area contributed by atoms with Crippen LogP contribution in [0.4, 0.5) is 0 Å². The highest BCUT2D eigenvalue weighted by molar-refractivity contribution is 7.90. The normalized spacial score (nSPS) is 10.7. The second-order valence-electron chi connectivity index (χ2n) is 5.67. The van der Waals surface area contributed by atoms with E-state index in [2.05, 4.69) is 6.58 Å². The molecule has 28 heavy (non-hydrogen) atoms. The van der Waals surface area contributed by atoms with E-state index in [0.29, 0.717) is 22.6 Å². The van der Waals surface area contributed by atoms with Gasteiger partial charge < -0.3 is 18.9 Å². The van der Waals surface area contributed by atoms with Gasteiger partial charge in [-0.3, -0.25) is 0 Å². The highest BCUT2D eigenvalue weighted by atomic mass is 32.2. The zero-order chi connectivity index (χ0) is 20.9. The average molecular weight is 403 g/mol. The molecule has 0 heterocycles. The molecule has 0 atom stereocenters. The molecule has 0 radical (unpaired) electrons. The Bertz CT molecular complexity index is 1040. The molecule has 148 valence electrons. The molecule has 0 spiro atoms. The van der Waals surface area contributed by atoms with Crippen LogP contribution in [0.3, 0.4) is 0 Å². The van der Waals surface area contributed by atoms with Gasteiger partial charge in [0.1, 0.15) is 23.3 Å². The fraction of sp³-hybridized carbons (Fsp3) is 0.250. The van der Waals surface area contributed by atoms with Crippen LogP contribution in [0, 0.1) is 11.3 Å². The van der Waals surface area contributed by atoms with Crippen molar-refractivity contribution in [2.45, 2.75) is 10.6 Å². The summed E-state index contributed by atoms with van der Waals surface area (Å²) in [6, 6.07) is 8.09. The van der Waals surface area contributed by atoms with Crippen LogP contribution in [-0.4, -0.2) is 36.9 Å². The summed E-state index contributed by atoms with van der Waals surface area (Å²) in [5, 5.41) is 9.24. The molecule has 2 aromatic carbocycles. The number of benzene rings is 2. The number of rotatable bonds is 8. The van der Waals surface area contributed by atoms with Crippen LogP contribution in [0.15, 0.2) is 35.7 Å². The van der Waals surface area contributed by atoms with E-state index in [-0.39, 0.29) is 27.7 Å². The molecule has 0 bridgehead atoms. The van der Waals surface area contributed by atoms with Crippen LogP contribution in [0.5, 0.6) is 23.0 Å². The van der Waals surface area contributed by atoms with E-state index in [0.717, 1.165) is 0 Å². The highest BCUT2D eigenvalue weighted by Crippen LogP contribution is 2.43. The number of hydrogen-bond donors (Lipinski definition) is 0. The summed E-state index contributed by atoms with van der Waals surface area (Å²) in [6.45, 7) is 3.71. The van der Waals surface area contributed by atoms with Crippen LogP contribution in [-0.2, 0) is 15.6 Å². The number of hydrogen-bond acceptors (Lipinski definition) is 7. The van der Waals surface area contributed by atoms with Crippen LogP contribution >= 0.6 is 0 Å². The Morgan fingerprint density at radius 3 is 2.14 bits per heavy atom. The standard InChI is InChI=1S/C20H21NO6S/c1-6-15-17(25-3)10-18(26-4)20(19(15)27-5)28(22,23)12-13-7-8-16(24-2)14(9-13)11-21/h6-10H,1,12H2,2-5H3. The lowest BCUT2D eigenvalue weighted by Gasteiger charge is -2.18. The van der Waals surface area contributed by atoms with E-state index in [9.17, 15) is 13.7 Å². The molecule has 0 amide bonds. The molecule has 0 N–H and O–H groups in total. The number of methoxy groups -OCH3 is 4. The first kappa shape index (κ1) is 21.1. The van der Waals surface area contributed by atoms with Crippen molar-refractivity contribution < 1.29 is 27.4 Å². The van der Waals surface area contributed by atoms with Crippen LogP contribution in [0.2, 0.25) is 0 Å². The highest BCUT2D eigenvalue weighted by Gasteiger charge is 2.29. The molecule has 0 fully saturated rings. The Hall–Kier alpha value is -3.18. The van der Waals surface area contributed by atoms with Crippen molar-refractivity contribution in [1.29, 1.82) is 5.26 Å². The lowest BCUT2D eigenvalue weighted by Crippen LogP contribution is -2.11. The van der Waals surface area contributed by atoms with Crippen molar-refractivity contribution in [2.75, 3.05) is 28.4 Å². The summed E-state index contributed by atoms with van der Waals surface area (Å²) in [5.41, 5.74) is 1.07. The van der Waals surface area contributed by atoms with Gasteiger partial charge >= 0.3 is 0 Å². The minimum absolute atomic E-state index is 0.0835. The predicted molar refractivity (Wildman–Crippen MR) is 105 cm³/mol. The van der Waals surface area contributed by atoms with Crippen molar-refractivity contribution in [1.82, 2.24) is 0 Å². The third kappa shape index (κ3) is 3.89. The largest absolute Gasteiger partial charge is 0.496 e. The van der Waals surface area contributed by atoms with Gasteiger partial charge in [-0.2, -0.15) is 5.26 Å². The number of ether oxygens (including phenoxy) is 4.